The van der Waals surface area contributed by atoms with Crippen LogP contribution in [-0.2, 0) is 0 Å². The number of benzene rings is 1. The van der Waals surface area contributed by atoms with Crippen LogP contribution in [0.3, 0.4) is 0 Å². The highest BCUT2D eigenvalue weighted by atomic mass is 35.5. The van der Waals surface area contributed by atoms with E-state index in [1.165, 1.54) is 44.1 Å². The normalized spacial score (nSPS) is 17.9. The summed E-state index contributed by atoms with van der Waals surface area (Å²) in [6, 6.07) is 6.94. The Bertz CT molecular complexity index is 429. The number of hydrogen-bond acceptors (Lipinski definition) is 2. The van der Waals surface area contributed by atoms with Gasteiger partial charge in [0.25, 0.3) is 0 Å². The van der Waals surface area contributed by atoms with E-state index in [-0.39, 0.29) is 0 Å². The summed E-state index contributed by atoms with van der Waals surface area (Å²) in [5.74, 6) is 1.16. The fourth-order valence-electron chi connectivity index (χ4n) is 2.88. The van der Waals surface area contributed by atoms with Gasteiger partial charge in [0.1, 0.15) is 0 Å². The van der Waals surface area contributed by atoms with Crippen molar-refractivity contribution in [3.63, 3.8) is 0 Å². The van der Waals surface area contributed by atoms with Crippen molar-refractivity contribution >= 4 is 23.4 Å². The first kappa shape index (κ1) is 17.2. The van der Waals surface area contributed by atoms with Crippen LogP contribution in [0.4, 0.5) is 0 Å². The van der Waals surface area contributed by atoms with Gasteiger partial charge < -0.3 is 5.32 Å². The van der Waals surface area contributed by atoms with Gasteiger partial charge in [0.2, 0.25) is 0 Å². The van der Waals surface area contributed by atoms with Gasteiger partial charge in [-0.1, -0.05) is 49.9 Å². The lowest BCUT2D eigenvalue weighted by Gasteiger charge is -2.25. The average molecular weight is 326 g/mol. The van der Waals surface area contributed by atoms with Gasteiger partial charge >= 0.3 is 0 Å². The molecule has 1 N–H and O–H groups in total. The van der Waals surface area contributed by atoms with Crippen molar-refractivity contribution in [3.8, 4) is 0 Å². The van der Waals surface area contributed by atoms with E-state index in [1.807, 2.05) is 0 Å². The maximum absolute atomic E-state index is 6.31. The second-order valence-electron chi connectivity index (χ2n) is 6.11. The van der Waals surface area contributed by atoms with E-state index in [1.54, 1.807) is 0 Å². The summed E-state index contributed by atoms with van der Waals surface area (Å²) in [6.45, 7) is 5.36. The molecule has 118 valence electrons. The summed E-state index contributed by atoms with van der Waals surface area (Å²) < 4.78 is 0. The molecule has 0 spiro atoms. The molecule has 1 unspecified atom stereocenters. The maximum Gasteiger partial charge on any atom is 0.0438 e. The Morgan fingerprint density at radius 2 is 2.05 bits per heavy atom. The lowest BCUT2D eigenvalue weighted by atomic mass is 10.0. The molecule has 0 heterocycles. The van der Waals surface area contributed by atoms with Crippen LogP contribution in [0.1, 0.15) is 62.6 Å². The van der Waals surface area contributed by atoms with E-state index in [0.29, 0.717) is 6.04 Å². The van der Waals surface area contributed by atoms with Gasteiger partial charge in [-0.05, 0) is 49.9 Å². The average Bonchev–Trinajstić information content (AvgIpc) is 2.51. The van der Waals surface area contributed by atoms with Crippen LogP contribution in [0, 0.1) is 6.92 Å². The summed E-state index contributed by atoms with van der Waals surface area (Å²) in [5.41, 5.74) is 2.50. The highest BCUT2D eigenvalue weighted by molar-refractivity contribution is 7.99. The molecule has 2 rings (SSSR count). The van der Waals surface area contributed by atoms with Crippen molar-refractivity contribution < 1.29 is 0 Å². The van der Waals surface area contributed by atoms with Crippen molar-refractivity contribution in [2.24, 2.45) is 0 Å². The standard InChI is InChI=1S/C18H28ClNS/c1-3-11-20-18(13-21-16-7-5-4-6-8-16)15-10-9-14(2)17(19)12-15/h9-10,12,16,18,20H,3-8,11,13H2,1-2H3. The highest BCUT2D eigenvalue weighted by Crippen LogP contribution is 2.32. The van der Waals surface area contributed by atoms with E-state index in [9.17, 15) is 0 Å². The molecule has 1 fully saturated rings. The predicted octanol–water partition coefficient (Wildman–Crippen LogP) is 5.76. The molecule has 0 bridgehead atoms. The molecular formula is C18H28ClNS. The summed E-state index contributed by atoms with van der Waals surface area (Å²) in [7, 11) is 0. The van der Waals surface area contributed by atoms with Crippen LogP contribution in [0.2, 0.25) is 5.02 Å². The smallest absolute Gasteiger partial charge is 0.0438 e. The van der Waals surface area contributed by atoms with E-state index >= 15 is 0 Å². The first-order chi connectivity index (χ1) is 10.2. The Morgan fingerprint density at radius 3 is 2.71 bits per heavy atom. The number of rotatable bonds is 7. The van der Waals surface area contributed by atoms with Gasteiger partial charge in [0.15, 0.2) is 0 Å². The summed E-state index contributed by atoms with van der Waals surface area (Å²) in [4.78, 5) is 0. The zero-order chi connectivity index (χ0) is 15.1. The largest absolute Gasteiger partial charge is 0.309 e. The van der Waals surface area contributed by atoms with Crippen molar-refractivity contribution in [1.29, 1.82) is 0 Å². The molecule has 0 amide bonds. The number of halogens is 1. The van der Waals surface area contributed by atoms with Crippen molar-refractivity contribution in [2.75, 3.05) is 12.3 Å². The second kappa shape index (κ2) is 9.07. The Hall–Kier alpha value is -0.180. The molecule has 3 heteroatoms. The lowest BCUT2D eigenvalue weighted by molar-refractivity contribution is 0.513. The van der Waals surface area contributed by atoms with E-state index < -0.39 is 0 Å². The Labute approximate surface area is 139 Å². The molecule has 0 aromatic heterocycles. The molecule has 1 aliphatic carbocycles. The summed E-state index contributed by atoms with van der Waals surface area (Å²) >= 11 is 8.46. The van der Waals surface area contributed by atoms with Crippen molar-refractivity contribution in [1.82, 2.24) is 5.32 Å². The van der Waals surface area contributed by atoms with Gasteiger partial charge in [-0.3, -0.25) is 0 Å². The van der Waals surface area contributed by atoms with Crippen LogP contribution in [0.15, 0.2) is 18.2 Å². The summed E-state index contributed by atoms with van der Waals surface area (Å²) in [5, 5.41) is 5.45. The molecule has 1 aromatic carbocycles. The maximum atomic E-state index is 6.31. The molecule has 1 nitrogen and oxygen atoms in total. The fourth-order valence-corrected chi connectivity index (χ4v) is 4.51. The SMILES string of the molecule is CCCNC(CSC1CCCCC1)c1ccc(C)c(Cl)c1. The zero-order valence-corrected chi connectivity index (χ0v) is 14.9. The molecule has 0 radical (unpaired) electrons. The van der Waals surface area contributed by atoms with Crippen LogP contribution in [0.5, 0.6) is 0 Å². The molecular weight excluding hydrogens is 298 g/mol. The van der Waals surface area contributed by atoms with Crippen molar-refractivity contribution in [2.45, 2.75) is 63.7 Å². The Kier molecular flexibility index (Phi) is 7.42. The van der Waals surface area contributed by atoms with Gasteiger partial charge in [-0.2, -0.15) is 11.8 Å². The van der Waals surface area contributed by atoms with Crippen LogP contribution >= 0.6 is 23.4 Å². The molecule has 0 saturated heterocycles. The van der Waals surface area contributed by atoms with E-state index in [0.717, 1.165) is 28.1 Å². The Balaban J connectivity index is 1.97. The number of nitrogens with one attached hydrogen (secondary N) is 1. The topological polar surface area (TPSA) is 12.0 Å². The van der Waals surface area contributed by atoms with Crippen LogP contribution in [0.25, 0.3) is 0 Å². The monoisotopic (exact) mass is 325 g/mol. The molecule has 21 heavy (non-hydrogen) atoms. The fraction of sp³-hybridized carbons (Fsp3) is 0.667. The second-order valence-corrected chi connectivity index (χ2v) is 7.85. The minimum Gasteiger partial charge on any atom is -0.309 e. The van der Waals surface area contributed by atoms with Gasteiger partial charge in [-0.25, -0.2) is 0 Å². The lowest BCUT2D eigenvalue weighted by Crippen LogP contribution is -2.25. The van der Waals surface area contributed by atoms with Gasteiger partial charge in [-0.15, -0.1) is 0 Å². The zero-order valence-electron chi connectivity index (χ0n) is 13.3. The molecule has 1 saturated carbocycles. The minimum atomic E-state index is 0.426. The molecule has 1 aliphatic rings. The van der Waals surface area contributed by atoms with Crippen LogP contribution in [-0.4, -0.2) is 17.5 Å². The predicted molar refractivity (Wildman–Crippen MR) is 96.6 cm³/mol. The van der Waals surface area contributed by atoms with E-state index in [4.69, 9.17) is 11.6 Å². The molecule has 1 atom stereocenters. The minimum absolute atomic E-state index is 0.426. The third kappa shape index (κ3) is 5.50. The first-order valence-corrected chi connectivity index (χ1v) is 9.74. The van der Waals surface area contributed by atoms with Gasteiger partial charge in [0.05, 0.1) is 0 Å². The summed E-state index contributed by atoms with van der Waals surface area (Å²) in [6.07, 6.45) is 8.24. The van der Waals surface area contributed by atoms with Crippen molar-refractivity contribution in [3.05, 3.63) is 34.3 Å². The van der Waals surface area contributed by atoms with Crippen LogP contribution < -0.4 is 5.32 Å². The third-order valence-electron chi connectivity index (χ3n) is 4.29. The third-order valence-corrected chi connectivity index (χ3v) is 6.17. The van der Waals surface area contributed by atoms with Gasteiger partial charge in [0, 0.05) is 22.1 Å². The molecule has 1 aromatic rings. The Morgan fingerprint density at radius 1 is 1.29 bits per heavy atom. The highest BCUT2D eigenvalue weighted by Gasteiger charge is 2.18. The number of hydrogen-bond donors (Lipinski definition) is 1. The molecule has 0 aliphatic heterocycles. The quantitative estimate of drug-likeness (QED) is 0.684. The number of thioether (sulfide) groups is 1. The van der Waals surface area contributed by atoms with E-state index in [2.05, 4.69) is 49.1 Å². The number of aryl methyl sites for hydroxylation is 1. The first-order valence-electron chi connectivity index (χ1n) is 8.31.